The molecular weight excluding hydrogens is 140 g/mol. The van der Waals surface area contributed by atoms with Crippen LogP contribution >= 0.6 is 0 Å². The molecule has 1 saturated carbocycles. The molecule has 0 spiro atoms. The lowest BCUT2D eigenvalue weighted by atomic mass is 9.96. The van der Waals surface area contributed by atoms with Crippen molar-refractivity contribution >= 4 is 0 Å². The van der Waals surface area contributed by atoms with Crippen LogP contribution in [0, 0.1) is 0 Å². The highest BCUT2D eigenvalue weighted by Gasteiger charge is 2.15. The average Bonchev–Trinajstić information content (AvgIpc) is 2.58. The van der Waals surface area contributed by atoms with E-state index in [1.807, 2.05) is 0 Å². The van der Waals surface area contributed by atoms with Gasteiger partial charge in [-0.1, -0.05) is 19.3 Å². The van der Waals surface area contributed by atoms with E-state index in [9.17, 15) is 0 Å². The quantitative estimate of drug-likeness (QED) is 0.607. The van der Waals surface area contributed by atoms with Crippen LogP contribution in [0.2, 0.25) is 0 Å². The molecule has 0 aromatic carbocycles. The minimum atomic E-state index is 0.520. The van der Waals surface area contributed by atoms with Crippen molar-refractivity contribution in [3.8, 4) is 0 Å². The first-order valence-electron chi connectivity index (χ1n) is 4.19. The second-order valence-corrected chi connectivity index (χ2v) is 3.05. The minimum Gasteiger partial charge on any atom is -0.161 e. The van der Waals surface area contributed by atoms with Crippen molar-refractivity contribution in [3.05, 3.63) is 6.33 Å². The molecule has 1 aliphatic carbocycles. The van der Waals surface area contributed by atoms with Crippen molar-refractivity contribution in [2.75, 3.05) is 0 Å². The molecule has 0 bridgehead atoms. The summed E-state index contributed by atoms with van der Waals surface area (Å²) < 4.78 is 0. The molecule has 11 heavy (non-hydrogen) atoms. The van der Waals surface area contributed by atoms with E-state index in [1.165, 1.54) is 38.4 Å². The fourth-order valence-electron chi connectivity index (χ4n) is 1.65. The second-order valence-electron chi connectivity index (χ2n) is 3.05. The molecule has 4 heteroatoms. The summed E-state index contributed by atoms with van der Waals surface area (Å²) in [7, 11) is 0. The summed E-state index contributed by atoms with van der Waals surface area (Å²) in [5.41, 5.74) is 0. The van der Waals surface area contributed by atoms with Crippen LogP contribution in [0.5, 0.6) is 0 Å². The van der Waals surface area contributed by atoms with E-state index >= 15 is 0 Å². The molecule has 0 atom stereocenters. The number of tetrazole rings is 1. The molecule has 60 valence electrons. The van der Waals surface area contributed by atoms with Gasteiger partial charge in [0.2, 0.25) is 0 Å². The Hall–Kier alpha value is -0.930. The van der Waals surface area contributed by atoms with Gasteiger partial charge in [0.05, 0.1) is 6.04 Å². The molecule has 1 aromatic rings. The van der Waals surface area contributed by atoms with Gasteiger partial charge in [0.1, 0.15) is 0 Å². The van der Waals surface area contributed by atoms with Crippen LogP contribution in [-0.2, 0) is 0 Å². The maximum atomic E-state index is 4.03. The van der Waals surface area contributed by atoms with Crippen molar-refractivity contribution in [3.63, 3.8) is 0 Å². The van der Waals surface area contributed by atoms with E-state index < -0.39 is 0 Å². The van der Waals surface area contributed by atoms with Gasteiger partial charge in [-0.15, -0.1) is 10.2 Å². The molecule has 2 rings (SSSR count). The molecule has 4 nitrogen and oxygen atoms in total. The normalized spacial score (nSPS) is 20.4. The van der Waals surface area contributed by atoms with Gasteiger partial charge in [0.15, 0.2) is 6.33 Å². The molecule has 1 heterocycles. The van der Waals surface area contributed by atoms with Crippen LogP contribution < -0.4 is 0 Å². The van der Waals surface area contributed by atoms with Crippen LogP contribution in [0.4, 0.5) is 0 Å². The number of aromatic nitrogens is 4. The third-order valence-electron chi connectivity index (χ3n) is 2.27. The van der Waals surface area contributed by atoms with Crippen molar-refractivity contribution in [2.45, 2.75) is 38.1 Å². The first kappa shape index (κ1) is 6.76. The molecule has 0 radical (unpaired) electrons. The summed E-state index contributed by atoms with van der Waals surface area (Å²) in [5.74, 6) is 0. The van der Waals surface area contributed by atoms with E-state index in [0.29, 0.717) is 6.04 Å². The maximum Gasteiger partial charge on any atom is 0.162 e. The Labute approximate surface area is 65.6 Å². The Bertz CT molecular complexity index is 200. The topological polar surface area (TPSA) is 43.6 Å². The van der Waals surface area contributed by atoms with Gasteiger partial charge in [-0.3, -0.25) is 0 Å². The standard InChI is InChI=1S/C7H12N4/c1-2-4-7(5-3-1)11-9-6-8-10-11/h6-7H,1-5H2. The number of rotatable bonds is 1. The maximum absolute atomic E-state index is 4.03. The highest BCUT2D eigenvalue weighted by Crippen LogP contribution is 2.25. The minimum absolute atomic E-state index is 0.520. The van der Waals surface area contributed by atoms with Crippen molar-refractivity contribution in [1.82, 2.24) is 20.2 Å². The van der Waals surface area contributed by atoms with Crippen molar-refractivity contribution < 1.29 is 0 Å². The zero-order valence-corrected chi connectivity index (χ0v) is 6.48. The van der Waals surface area contributed by atoms with E-state index in [2.05, 4.69) is 15.4 Å². The lowest BCUT2D eigenvalue weighted by Crippen LogP contribution is -2.15. The predicted octanol–water partition coefficient (Wildman–Crippen LogP) is 1.18. The Morgan fingerprint density at radius 2 is 2.00 bits per heavy atom. The molecule has 1 aromatic heterocycles. The van der Waals surface area contributed by atoms with Crippen LogP contribution in [0.3, 0.4) is 0 Å². The smallest absolute Gasteiger partial charge is 0.161 e. The highest BCUT2D eigenvalue weighted by atomic mass is 15.6. The Morgan fingerprint density at radius 3 is 2.64 bits per heavy atom. The van der Waals surface area contributed by atoms with Gasteiger partial charge in [0.25, 0.3) is 0 Å². The number of hydrogen-bond donors (Lipinski definition) is 0. The summed E-state index contributed by atoms with van der Waals surface area (Å²) in [6.07, 6.45) is 7.94. The monoisotopic (exact) mass is 152 g/mol. The zero-order chi connectivity index (χ0) is 7.52. The second kappa shape index (κ2) is 2.98. The lowest BCUT2D eigenvalue weighted by Gasteiger charge is -2.19. The van der Waals surface area contributed by atoms with Crippen LogP contribution in [0.1, 0.15) is 38.1 Å². The Kier molecular flexibility index (Phi) is 1.83. The molecule has 1 fully saturated rings. The SMILES string of the molecule is c1nnn(C2CCCCC2)n1. The van der Waals surface area contributed by atoms with Crippen molar-refractivity contribution in [1.29, 1.82) is 0 Å². The Balaban J connectivity index is 2.04. The van der Waals surface area contributed by atoms with E-state index in [1.54, 1.807) is 4.80 Å². The van der Waals surface area contributed by atoms with Crippen LogP contribution in [0.25, 0.3) is 0 Å². The number of nitrogens with zero attached hydrogens (tertiary/aromatic N) is 4. The van der Waals surface area contributed by atoms with Gasteiger partial charge >= 0.3 is 0 Å². The fourth-order valence-corrected chi connectivity index (χ4v) is 1.65. The third kappa shape index (κ3) is 1.39. The summed E-state index contributed by atoms with van der Waals surface area (Å²) >= 11 is 0. The first-order chi connectivity index (χ1) is 5.47. The van der Waals surface area contributed by atoms with Crippen molar-refractivity contribution in [2.24, 2.45) is 0 Å². The summed E-state index contributed by atoms with van der Waals surface area (Å²) in [6.45, 7) is 0. The third-order valence-corrected chi connectivity index (χ3v) is 2.27. The predicted molar refractivity (Wildman–Crippen MR) is 39.9 cm³/mol. The van der Waals surface area contributed by atoms with Gasteiger partial charge in [0, 0.05) is 0 Å². The molecule has 0 amide bonds. The first-order valence-corrected chi connectivity index (χ1v) is 4.19. The molecular formula is C7H12N4. The molecule has 0 saturated heterocycles. The van der Waals surface area contributed by atoms with E-state index in [0.717, 1.165) is 0 Å². The van der Waals surface area contributed by atoms with Gasteiger partial charge in [-0.25, -0.2) is 0 Å². The highest BCUT2D eigenvalue weighted by molar-refractivity contribution is 4.67. The summed E-state index contributed by atoms with van der Waals surface area (Å²) in [4.78, 5) is 1.75. The van der Waals surface area contributed by atoms with Gasteiger partial charge < -0.3 is 0 Å². The van der Waals surface area contributed by atoms with Gasteiger partial charge in [-0.2, -0.15) is 4.80 Å². The van der Waals surface area contributed by atoms with E-state index in [4.69, 9.17) is 0 Å². The van der Waals surface area contributed by atoms with Crippen LogP contribution in [-0.4, -0.2) is 20.2 Å². The lowest BCUT2D eigenvalue weighted by molar-refractivity contribution is 0.297. The Morgan fingerprint density at radius 1 is 1.18 bits per heavy atom. The van der Waals surface area contributed by atoms with Crippen LogP contribution in [0.15, 0.2) is 6.33 Å². The molecule has 1 aliphatic rings. The van der Waals surface area contributed by atoms with E-state index in [-0.39, 0.29) is 0 Å². The van der Waals surface area contributed by atoms with Gasteiger partial charge in [-0.05, 0) is 18.1 Å². The summed E-state index contributed by atoms with van der Waals surface area (Å²) in [6, 6.07) is 0.520. The number of hydrogen-bond acceptors (Lipinski definition) is 3. The average molecular weight is 152 g/mol. The molecule has 0 N–H and O–H groups in total. The largest absolute Gasteiger partial charge is 0.162 e. The summed E-state index contributed by atoms with van der Waals surface area (Å²) in [5, 5.41) is 11.6. The zero-order valence-electron chi connectivity index (χ0n) is 6.48. The molecule has 0 unspecified atom stereocenters. The molecule has 0 aliphatic heterocycles. The fraction of sp³-hybridized carbons (Fsp3) is 0.857.